The van der Waals surface area contributed by atoms with Gasteiger partial charge in [0.05, 0.1) is 21.8 Å². The van der Waals surface area contributed by atoms with Crippen molar-refractivity contribution in [3.05, 3.63) is 57.9 Å². The molecule has 1 aliphatic heterocycles. The standard InChI is InChI=1S/C24H33Cl2N3O3S/c1-6-11-31-22-14-21(26)20(25)13-19(22)23(28-33(30)24(3,4)5)17-7-9-29(10-8-17)15-18-12-16(2)32-27-18/h6,12-14,17,23,28H,1,7-11,15H2,2-5H3. The van der Waals surface area contributed by atoms with E-state index >= 15 is 0 Å². The number of piperidine rings is 1. The Kier molecular flexibility index (Phi) is 9.17. The number of hydrogen-bond donors (Lipinski definition) is 1. The summed E-state index contributed by atoms with van der Waals surface area (Å²) in [6.07, 6.45) is 3.54. The van der Waals surface area contributed by atoms with Crippen molar-refractivity contribution in [3.63, 3.8) is 0 Å². The number of rotatable bonds is 9. The van der Waals surface area contributed by atoms with Crippen LogP contribution in [0.5, 0.6) is 5.75 Å². The third-order valence-corrected chi connectivity index (χ3v) is 8.00. The van der Waals surface area contributed by atoms with Gasteiger partial charge in [-0.15, -0.1) is 4.72 Å². The summed E-state index contributed by atoms with van der Waals surface area (Å²) >= 11 is 11.4. The van der Waals surface area contributed by atoms with E-state index in [4.69, 9.17) is 32.5 Å². The number of nitrogens with one attached hydrogen (secondary N) is 1. The third-order valence-electron chi connectivity index (χ3n) is 5.70. The highest BCUT2D eigenvalue weighted by atomic mass is 35.5. The molecule has 33 heavy (non-hydrogen) atoms. The Hall–Kier alpha value is -1.22. The Balaban J connectivity index is 1.83. The van der Waals surface area contributed by atoms with Gasteiger partial charge in [-0.2, -0.15) is 0 Å². The minimum Gasteiger partial charge on any atom is -0.598 e. The van der Waals surface area contributed by atoms with Crippen LogP contribution in [-0.2, 0) is 17.9 Å². The molecule has 2 heterocycles. The molecule has 1 aromatic carbocycles. The van der Waals surface area contributed by atoms with Gasteiger partial charge in [-0.1, -0.05) is 41.0 Å². The lowest BCUT2D eigenvalue weighted by Gasteiger charge is -2.38. The van der Waals surface area contributed by atoms with Crippen LogP contribution >= 0.6 is 23.2 Å². The molecule has 0 saturated carbocycles. The van der Waals surface area contributed by atoms with Crippen LogP contribution in [0.25, 0.3) is 0 Å². The van der Waals surface area contributed by atoms with E-state index in [1.54, 1.807) is 12.1 Å². The summed E-state index contributed by atoms with van der Waals surface area (Å²) in [6.45, 7) is 14.4. The van der Waals surface area contributed by atoms with E-state index in [9.17, 15) is 4.55 Å². The SMILES string of the molecule is C=CCOc1cc(Cl)c(Cl)cc1C(N[S+]([O-])C(C)(C)C)C1CCN(Cc2cc(C)on2)CC1. The number of aryl methyl sites for hydroxylation is 1. The van der Waals surface area contributed by atoms with Gasteiger partial charge in [0.1, 0.15) is 22.9 Å². The fourth-order valence-corrected chi connectivity index (χ4v) is 5.16. The topological polar surface area (TPSA) is 73.6 Å². The fourth-order valence-electron chi connectivity index (χ4n) is 3.93. The number of likely N-dealkylation sites (tertiary alicyclic amines) is 1. The highest BCUT2D eigenvalue weighted by Crippen LogP contribution is 2.41. The van der Waals surface area contributed by atoms with Crippen LogP contribution in [0.3, 0.4) is 0 Å². The molecule has 1 N–H and O–H groups in total. The zero-order chi connectivity index (χ0) is 24.2. The van der Waals surface area contributed by atoms with Crippen molar-refractivity contribution in [2.45, 2.75) is 57.9 Å². The smallest absolute Gasteiger partial charge is 0.136 e. The first-order valence-electron chi connectivity index (χ1n) is 11.1. The van der Waals surface area contributed by atoms with Crippen molar-refractivity contribution in [1.29, 1.82) is 0 Å². The molecule has 9 heteroatoms. The first kappa shape index (κ1) is 26.4. The molecule has 182 valence electrons. The lowest BCUT2D eigenvalue weighted by atomic mass is 9.85. The van der Waals surface area contributed by atoms with Crippen molar-refractivity contribution in [2.75, 3.05) is 19.7 Å². The van der Waals surface area contributed by atoms with Crippen LogP contribution in [0.2, 0.25) is 10.0 Å². The second-order valence-electron chi connectivity index (χ2n) is 9.42. The molecule has 2 aromatic rings. The molecule has 6 nitrogen and oxygen atoms in total. The Bertz CT molecular complexity index is 940. The quantitative estimate of drug-likeness (QED) is 0.334. The van der Waals surface area contributed by atoms with Crippen LogP contribution in [0.1, 0.15) is 56.7 Å². The van der Waals surface area contributed by atoms with Crippen LogP contribution in [0.4, 0.5) is 0 Å². The lowest BCUT2D eigenvalue weighted by Crippen LogP contribution is -2.45. The van der Waals surface area contributed by atoms with Crippen LogP contribution in [0.15, 0.2) is 35.4 Å². The van der Waals surface area contributed by atoms with Gasteiger partial charge >= 0.3 is 0 Å². The van der Waals surface area contributed by atoms with Crippen molar-refractivity contribution in [2.24, 2.45) is 5.92 Å². The van der Waals surface area contributed by atoms with E-state index in [-0.39, 0.29) is 12.0 Å². The van der Waals surface area contributed by atoms with Gasteiger partial charge in [0.2, 0.25) is 0 Å². The predicted molar refractivity (Wildman–Crippen MR) is 135 cm³/mol. The van der Waals surface area contributed by atoms with Gasteiger partial charge in [0, 0.05) is 35.6 Å². The second-order valence-corrected chi connectivity index (χ2v) is 12.2. The molecule has 1 aromatic heterocycles. The molecule has 1 aliphatic rings. The van der Waals surface area contributed by atoms with E-state index < -0.39 is 16.1 Å². The van der Waals surface area contributed by atoms with Gasteiger partial charge in [-0.3, -0.25) is 4.90 Å². The zero-order valence-electron chi connectivity index (χ0n) is 19.7. The normalized spacial score (nSPS) is 17.7. The average molecular weight is 515 g/mol. The number of benzene rings is 1. The highest BCUT2D eigenvalue weighted by Gasteiger charge is 2.37. The predicted octanol–water partition coefficient (Wildman–Crippen LogP) is 5.86. The van der Waals surface area contributed by atoms with Gasteiger partial charge in [-0.25, -0.2) is 0 Å². The zero-order valence-corrected chi connectivity index (χ0v) is 22.0. The van der Waals surface area contributed by atoms with Crippen LogP contribution in [0, 0.1) is 12.8 Å². The largest absolute Gasteiger partial charge is 0.598 e. The number of hydrogen-bond acceptors (Lipinski definition) is 6. The highest BCUT2D eigenvalue weighted by molar-refractivity contribution is 7.90. The van der Waals surface area contributed by atoms with Gasteiger partial charge in [0.25, 0.3) is 0 Å². The summed E-state index contributed by atoms with van der Waals surface area (Å²) in [5.74, 6) is 1.70. The Labute approximate surface area is 209 Å². The van der Waals surface area contributed by atoms with Gasteiger partial charge in [-0.05, 0) is 65.6 Å². The molecule has 1 fully saturated rings. The molecule has 2 atom stereocenters. The third kappa shape index (κ3) is 7.13. The van der Waals surface area contributed by atoms with Gasteiger partial charge in [0.15, 0.2) is 0 Å². The molecule has 3 rings (SSSR count). The van der Waals surface area contributed by atoms with E-state index in [0.29, 0.717) is 22.4 Å². The minimum absolute atomic E-state index is 0.198. The number of halogens is 2. The Morgan fingerprint density at radius 1 is 1.30 bits per heavy atom. The molecule has 2 unspecified atom stereocenters. The van der Waals surface area contributed by atoms with Crippen LogP contribution in [-0.4, -0.2) is 39.1 Å². The molecular formula is C24H33Cl2N3O3S. The molecule has 0 bridgehead atoms. The molecule has 0 amide bonds. The molecule has 0 spiro atoms. The van der Waals surface area contributed by atoms with E-state index in [2.05, 4.69) is 21.4 Å². The average Bonchev–Trinajstić information content (AvgIpc) is 3.17. The van der Waals surface area contributed by atoms with Crippen molar-refractivity contribution in [1.82, 2.24) is 14.8 Å². The Morgan fingerprint density at radius 2 is 1.97 bits per heavy atom. The number of aromatic nitrogens is 1. The fraction of sp³-hybridized carbons (Fsp3) is 0.542. The minimum atomic E-state index is -1.27. The van der Waals surface area contributed by atoms with E-state index in [1.165, 1.54) is 0 Å². The summed E-state index contributed by atoms with van der Waals surface area (Å²) in [5.41, 5.74) is 1.81. The monoisotopic (exact) mass is 513 g/mol. The summed E-state index contributed by atoms with van der Waals surface area (Å²) in [5, 5.41) is 4.99. The maximum atomic E-state index is 13.1. The first-order valence-corrected chi connectivity index (χ1v) is 13.0. The summed E-state index contributed by atoms with van der Waals surface area (Å²) in [4.78, 5) is 2.37. The van der Waals surface area contributed by atoms with Crippen LogP contribution < -0.4 is 9.46 Å². The lowest BCUT2D eigenvalue weighted by molar-refractivity contribution is 0.154. The molecule has 0 aliphatic carbocycles. The van der Waals surface area contributed by atoms with E-state index in [0.717, 1.165) is 49.5 Å². The summed E-state index contributed by atoms with van der Waals surface area (Å²) in [6, 6.07) is 5.35. The molecular weight excluding hydrogens is 481 g/mol. The number of ether oxygens (including phenoxy) is 1. The molecule has 1 saturated heterocycles. The van der Waals surface area contributed by atoms with Crippen molar-refractivity contribution < 1.29 is 13.8 Å². The number of nitrogens with zero attached hydrogens (tertiary/aromatic N) is 2. The summed E-state index contributed by atoms with van der Waals surface area (Å²) < 4.78 is 27.2. The van der Waals surface area contributed by atoms with E-state index in [1.807, 2.05) is 39.8 Å². The first-order chi connectivity index (χ1) is 15.6. The maximum absolute atomic E-state index is 13.1. The molecule has 0 radical (unpaired) electrons. The Morgan fingerprint density at radius 3 is 2.55 bits per heavy atom. The maximum Gasteiger partial charge on any atom is 0.136 e. The van der Waals surface area contributed by atoms with Crippen molar-refractivity contribution >= 4 is 34.6 Å². The van der Waals surface area contributed by atoms with Gasteiger partial charge < -0.3 is 13.8 Å². The summed E-state index contributed by atoms with van der Waals surface area (Å²) in [7, 11) is 0. The second kappa shape index (κ2) is 11.5. The van der Waals surface area contributed by atoms with Crippen molar-refractivity contribution in [3.8, 4) is 5.75 Å².